The van der Waals surface area contributed by atoms with Crippen LogP contribution in [0.2, 0.25) is 10.0 Å². The van der Waals surface area contributed by atoms with E-state index in [4.69, 9.17) is 37.4 Å². The summed E-state index contributed by atoms with van der Waals surface area (Å²) in [4.78, 5) is 30.4. The second-order valence-electron chi connectivity index (χ2n) is 13.5. The van der Waals surface area contributed by atoms with Crippen LogP contribution in [0.5, 0.6) is 11.5 Å². The van der Waals surface area contributed by atoms with Crippen LogP contribution >= 0.6 is 23.2 Å². The lowest BCUT2D eigenvalue weighted by Crippen LogP contribution is -2.44. The zero-order valence-corrected chi connectivity index (χ0v) is 27.5. The molecule has 2 aliphatic carbocycles. The summed E-state index contributed by atoms with van der Waals surface area (Å²) in [7, 11) is 3.27. The van der Waals surface area contributed by atoms with Gasteiger partial charge in [-0.3, -0.25) is 9.59 Å². The summed E-state index contributed by atoms with van der Waals surface area (Å²) in [5.41, 5.74) is 4.76. The van der Waals surface area contributed by atoms with Gasteiger partial charge in [0.15, 0.2) is 23.1 Å². The first kappa shape index (κ1) is 31.6. The molecule has 8 heteroatoms. The molecule has 2 aromatic rings. The van der Waals surface area contributed by atoms with E-state index in [1.54, 1.807) is 14.2 Å². The molecule has 230 valence electrons. The Labute approximate surface area is 265 Å². The van der Waals surface area contributed by atoms with E-state index in [9.17, 15) is 9.59 Å². The van der Waals surface area contributed by atoms with Crippen LogP contribution < -0.4 is 9.47 Å². The fraction of sp³-hybridized carbons (Fsp3) is 0.486. The van der Waals surface area contributed by atoms with E-state index >= 15 is 0 Å². The topological polar surface area (TPSA) is 65.1 Å². The average Bonchev–Trinajstić information content (AvgIpc) is 2.92. The molecule has 0 N–H and O–H groups in total. The molecule has 2 aromatic carbocycles. The highest BCUT2D eigenvalue weighted by molar-refractivity contribution is 6.32. The number of rotatable bonds is 9. The van der Waals surface area contributed by atoms with Crippen molar-refractivity contribution in [1.29, 1.82) is 0 Å². The lowest BCUT2D eigenvalue weighted by Gasteiger charge is -2.49. The fourth-order valence-corrected chi connectivity index (χ4v) is 7.20. The third kappa shape index (κ3) is 6.52. The summed E-state index contributed by atoms with van der Waals surface area (Å²) < 4.78 is 17.3. The van der Waals surface area contributed by atoms with E-state index in [1.165, 1.54) is 0 Å². The molecule has 0 aromatic heterocycles. The molecule has 0 atom stereocenters. The van der Waals surface area contributed by atoms with E-state index < -0.39 is 5.92 Å². The minimum Gasteiger partial charge on any atom is -0.493 e. The second kappa shape index (κ2) is 12.3. The van der Waals surface area contributed by atoms with Gasteiger partial charge in [-0.15, -0.1) is 0 Å². The van der Waals surface area contributed by atoms with Gasteiger partial charge in [0.1, 0.15) is 6.61 Å². The lowest BCUT2D eigenvalue weighted by atomic mass is 9.63. The van der Waals surface area contributed by atoms with Gasteiger partial charge in [-0.2, -0.15) is 0 Å². The molecule has 3 aliphatic rings. The molecule has 43 heavy (non-hydrogen) atoms. The van der Waals surface area contributed by atoms with Crippen molar-refractivity contribution >= 4 is 34.8 Å². The minimum absolute atomic E-state index is 0.0790. The summed E-state index contributed by atoms with van der Waals surface area (Å²) in [6.07, 6.45) is 3.12. The van der Waals surface area contributed by atoms with Gasteiger partial charge in [0.05, 0.1) is 12.1 Å². The summed E-state index contributed by atoms with van der Waals surface area (Å²) in [6, 6.07) is 11.1. The number of allylic oxidation sites excluding steroid dienone is 4. The van der Waals surface area contributed by atoms with Crippen molar-refractivity contribution in [3.05, 3.63) is 80.1 Å². The Morgan fingerprint density at radius 3 is 1.98 bits per heavy atom. The predicted molar refractivity (Wildman–Crippen MR) is 170 cm³/mol. The molecular weight excluding hydrogens is 585 g/mol. The standard InChI is InChI=1S/C35H41Cl2NO5/c1-34(2)16-25-31(27(39)18-34)30(32-26(38(25)12-7-13-41-5)17-35(3,4)19-28(32)40)22-14-24(37)33(29(15-22)42-6)43-20-21-8-10-23(36)11-9-21/h8-11,14-15,30H,7,12-13,16-20H2,1-6H3. The van der Waals surface area contributed by atoms with E-state index in [0.29, 0.717) is 58.7 Å². The van der Waals surface area contributed by atoms with Gasteiger partial charge in [0.2, 0.25) is 0 Å². The molecule has 0 unspecified atom stereocenters. The van der Waals surface area contributed by atoms with Crippen molar-refractivity contribution in [1.82, 2.24) is 4.90 Å². The van der Waals surface area contributed by atoms with Crippen molar-refractivity contribution in [3.8, 4) is 11.5 Å². The third-order valence-corrected chi connectivity index (χ3v) is 9.17. The molecule has 0 saturated heterocycles. The Balaban J connectivity index is 1.64. The van der Waals surface area contributed by atoms with Gasteiger partial charge in [-0.1, -0.05) is 63.0 Å². The van der Waals surface area contributed by atoms with Crippen LogP contribution in [0, 0.1) is 10.8 Å². The molecular formula is C35H41Cl2NO5. The highest BCUT2D eigenvalue weighted by Gasteiger charge is 2.49. The van der Waals surface area contributed by atoms with Crippen molar-refractivity contribution < 1.29 is 23.8 Å². The second-order valence-corrected chi connectivity index (χ2v) is 14.3. The number of carbonyl (C=O) groups is 2. The van der Waals surface area contributed by atoms with Crippen LogP contribution in [0.4, 0.5) is 0 Å². The predicted octanol–water partition coefficient (Wildman–Crippen LogP) is 8.30. The van der Waals surface area contributed by atoms with E-state index in [1.807, 2.05) is 36.4 Å². The summed E-state index contributed by atoms with van der Waals surface area (Å²) in [5, 5.41) is 1.01. The molecule has 6 nitrogen and oxygen atoms in total. The van der Waals surface area contributed by atoms with Gasteiger partial charge in [-0.05, 0) is 65.5 Å². The molecule has 0 radical (unpaired) electrons. The molecule has 0 amide bonds. The molecule has 0 bridgehead atoms. The van der Waals surface area contributed by atoms with Crippen molar-refractivity contribution in [2.24, 2.45) is 10.8 Å². The van der Waals surface area contributed by atoms with Crippen LogP contribution in [0.25, 0.3) is 0 Å². The minimum atomic E-state index is -0.521. The molecule has 0 fully saturated rings. The summed E-state index contributed by atoms with van der Waals surface area (Å²) in [5.74, 6) is 0.504. The summed E-state index contributed by atoms with van der Waals surface area (Å²) >= 11 is 12.9. The van der Waals surface area contributed by atoms with Gasteiger partial charge >= 0.3 is 0 Å². The van der Waals surface area contributed by atoms with Crippen molar-refractivity contribution in [3.63, 3.8) is 0 Å². The Kier molecular flexibility index (Phi) is 9.04. The van der Waals surface area contributed by atoms with Gasteiger partial charge in [0, 0.05) is 66.6 Å². The number of hydrogen-bond donors (Lipinski definition) is 0. The van der Waals surface area contributed by atoms with Gasteiger partial charge in [-0.25, -0.2) is 0 Å². The molecule has 1 aliphatic heterocycles. The smallest absolute Gasteiger partial charge is 0.180 e. The maximum Gasteiger partial charge on any atom is 0.180 e. The van der Waals surface area contributed by atoms with E-state index in [2.05, 4.69) is 32.6 Å². The molecule has 0 saturated carbocycles. The number of benzene rings is 2. The van der Waals surface area contributed by atoms with Crippen LogP contribution in [0.3, 0.4) is 0 Å². The highest BCUT2D eigenvalue weighted by atomic mass is 35.5. The fourth-order valence-electron chi connectivity index (χ4n) is 6.80. The van der Waals surface area contributed by atoms with Crippen molar-refractivity contribution in [2.75, 3.05) is 27.4 Å². The number of hydrogen-bond acceptors (Lipinski definition) is 6. The number of Topliss-reactive ketones (excluding diaryl/α,β-unsaturated/α-hetero) is 2. The monoisotopic (exact) mass is 625 g/mol. The van der Waals surface area contributed by atoms with Crippen LogP contribution in [0.15, 0.2) is 58.9 Å². The summed E-state index contributed by atoms with van der Waals surface area (Å²) in [6.45, 7) is 10.1. The van der Waals surface area contributed by atoms with E-state index in [0.717, 1.165) is 41.8 Å². The molecule has 1 heterocycles. The van der Waals surface area contributed by atoms with Gasteiger partial charge in [0.25, 0.3) is 0 Å². The Morgan fingerprint density at radius 2 is 1.44 bits per heavy atom. The Morgan fingerprint density at radius 1 is 0.860 bits per heavy atom. The first-order valence-corrected chi connectivity index (χ1v) is 15.6. The normalized spacial score (nSPS) is 19.9. The number of nitrogens with zero attached hydrogens (tertiary/aromatic N) is 1. The maximum atomic E-state index is 14.1. The number of methoxy groups -OCH3 is 2. The SMILES string of the molecule is COCCCN1C2=C(C(=O)CC(C)(C)C2)C(c2cc(Cl)c(OCc3ccc(Cl)cc3)c(OC)c2)C2=C1CC(C)(C)CC2=O. The highest BCUT2D eigenvalue weighted by Crippen LogP contribution is 2.55. The number of ether oxygens (including phenoxy) is 3. The zero-order valence-electron chi connectivity index (χ0n) is 25.9. The quantitative estimate of drug-likeness (QED) is 0.261. The molecule has 5 rings (SSSR count). The molecule has 0 spiro atoms. The lowest BCUT2D eigenvalue weighted by molar-refractivity contribution is -0.119. The third-order valence-electron chi connectivity index (χ3n) is 8.63. The number of carbonyl (C=O) groups excluding carboxylic acids is 2. The Hall–Kier alpha value is -2.80. The zero-order chi connectivity index (χ0) is 31.1. The Bertz CT molecular complexity index is 1430. The van der Waals surface area contributed by atoms with E-state index in [-0.39, 0.29) is 29.0 Å². The maximum absolute atomic E-state index is 14.1. The largest absolute Gasteiger partial charge is 0.493 e. The van der Waals surface area contributed by atoms with Crippen molar-refractivity contribution in [2.45, 2.75) is 72.3 Å². The van der Waals surface area contributed by atoms with Crippen LogP contribution in [0.1, 0.15) is 76.8 Å². The number of halogens is 2. The van der Waals surface area contributed by atoms with Crippen LogP contribution in [-0.4, -0.2) is 43.8 Å². The van der Waals surface area contributed by atoms with Gasteiger partial charge < -0.3 is 19.1 Å². The first-order valence-electron chi connectivity index (χ1n) is 14.9. The average molecular weight is 627 g/mol. The number of ketones is 2. The first-order chi connectivity index (χ1) is 20.3. The van der Waals surface area contributed by atoms with Crippen LogP contribution in [-0.2, 0) is 20.9 Å².